The third kappa shape index (κ3) is 3.47. The van der Waals surface area contributed by atoms with Crippen molar-refractivity contribution in [2.75, 3.05) is 6.61 Å². The van der Waals surface area contributed by atoms with Gasteiger partial charge in [0.25, 0.3) is 5.91 Å². The molecule has 110 valence electrons. The maximum atomic E-state index is 13.5. The van der Waals surface area contributed by atoms with Crippen LogP contribution in [-0.4, -0.2) is 28.6 Å². The molecule has 1 amide bonds. The first-order chi connectivity index (χ1) is 9.27. The fourth-order valence-electron chi connectivity index (χ4n) is 1.44. The first kappa shape index (κ1) is 16.0. The third-order valence-electron chi connectivity index (χ3n) is 2.98. The Bertz CT molecular complexity index is 536. The number of nitro benzene ring substituents is 1. The van der Waals surface area contributed by atoms with Crippen LogP contribution < -0.4 is 5.32 Å². The Labute approximate surface area is 113 Å². The van der Waals surface area contributed by atoms with Gasteiger partial charge in [-0.1, -0.05) is 6.92 Å². The van der Waals surface area contributed by atoms with E-state index in [1.54, 1.807) is 13.8 Å². The Morgan fingerprint density at radius 1 is 1.40 bits per heavy atom. The van der Waals surface area contributed by atoms with Gasteiger partial charge in [0.15, 0.2) is 0 Å². The fraction of sp³-hybridized carbons (Fsp3) is 0.417. The molecule has 0 spiro atoms. The van der Waals surface area contributed by atoms with Gasteiger partial charge in [-0.05, 0) is 12.8 Å². The van der Waals surface area contributed by atoms with Crippen molar-refractivity contribution in [2.45, 2.75) is 19.9 Å². The standard InChI is InChI=1S/C12H14F2N2O4/c1-6(5-17)7(2)15-12(18)8-3-11(16(19)20)10(14)4-9(8)13/h3-4,6-7,17H,5H2,1-2H3,(H,15,18). The molecule has 2 N–H and O–H groups in total. The zero-order chi connectivity index (χ0) is 15.4. The Balaban J connectivity index is 3.04. The van der Waals surface area contributed by atoms with E-state index in [0.717, 1.165) is 0 Å². The summed E-state index contributed by atoms with van der Waals surface area (Å²) in [5.74, 6) is -3.72. The van der Waals surface area contributed by atoms with E-state index < -0.39 is 39.8 Å². The molecular formula is C12H14F2N2O4. The number of benzene rings is 1. The molecule has 0 aliphatic carbocycles. The Hall–Kier alpha value is -2.09. The normalized spacial score (nSPS) is 13.7. The summed E-state index contributed by atoms with van der Waals surface area (Å²) in [4.78, 5) is 21.3. The lowest BCUT2D eigenvalue weighted by Crippen LogP contribution is -2.38. The van der Waals surface area contributed by atoms with Crippen LogP contribution in [0.4, 0.5) is 14.5 Å². The predicted molar refractivity (Wildman–Crippen MR) is 66.2 cm³/mol. The topological polar surface area (TPSA) is 92.5 Å². The van der Waals surface area contributed by atoms with Gasteiger partial charge in [-0.15, -0.1) is 0 Å². The number of halogens is 2. The largest absolute Gasteiger partial charge is 0.396 e. The monoisotopic (exact) mass is 288 g/mol. The van der Waals surface area contributed by atoms with Gasteiger partial charge in [0.2, 0.25) is 5.82 Å². The van der Waals surface area contributed by atoms with E-state index in [9.17, 15) is 23.7 Å². The lowest BCUT2D eigenvalue weighted by Gasteiger charge is -2.19. The molecule has 2 unspecified atom stereocenters. The number of nitrogens with one attached hydrogen (secondary N) is 1. The van der Waals surface area contributed by atoms with Gasteiger partial charge in [-0.3, -0.25) is 14.9 Å². The number of rotatable bonds is 5. The van der Waals surface area contributed by atoms with Gasteiger partial charge < -0.3 is 10.4 Å². The van der Waals surface area contributed by atoms with Gasteiger partial charge in [0.1, 0.15) is 5.82 Å². The van der Waals surface area contributed by atoms with Crippen LogP contribution in [0, 0.1) is 27.7 Å². The highest BCUT2D eigenvalue weighted by Crippen LogP contribution is 2.21. The number of amides is 1. The molecule has 0 aliphatic heterocycles. The van der Waals surface area contributed by atoms with E-state index >= 15 is 0 Å². The highest BCUT2D eigenvalue weighted by atomic mass is 19.1. The van der Waals surface area contributed by atoms with Gasteiger partial charge in [0, 0.05) is 24.8 Å². The molecule has 8 heteroatoms. The smallest absolute Gasteiger partial charge is 0.305 e. The minimum atomic E-state index is -1.35. The molecule has 0 saturated heterocycles. The van der Waals surface area contributed by atoms with E-state index in [2.05, 4.69) is 5.32 Å². The maximum Gasteiger partial charge on any atom is 0.305 e. The van der Waals surface area contributed by atoms with E-state index in [-0.39, 0.29) is 12.5 Å². The minimum absolute atomic E-state index is 0.187. The number of hydrogen-bond acceptors (Lipinski definition) is 4. The number of hydrogen-bond donors (Lipinski definition) is 2. The Morgan fingerprint density at radius 2 is 2.00 bits per heavy atom. The van der Waals surface area contributed by atoms with Crippen LogP contribution in [0.2, 0.25) is 0 Å². The predicted octanol–water partition coefficient (Wildman–Crippen LogP) is 1.62. The number of carbonyl (C=O) groups excluding carboxylic acids is 1. The Morgan fingerprint density at radius 3 is 2.50 bits per heavy atom. The third-order valence-corrected chi connectivity index (χ3v) is 2.98. The second-order valence-electron chi connectivity index (χ2n) is 4.46. The molecule has 0 saturated carbocycles. The summed E-state index contributed by atoms with van der Waals surface area (Å²) in [6.45, 7) is 3.07. The number of carbonyl (C=O) groups is 1. The van der Waals surface area contributed by atoms with E-state index in [0.29, 0.717) is 12.1 Å². The first-order valence-electron chi connectivity index (χ1n) is 5.83. The summed E-state index contributed by atoms with van der Waals surface area (Å²) in [5.41, 5.74) is -1.59. The van der Waals surface area contributed by atoms with Crippen LogP contribution in [0.15, 0.2) is 12.1 Å². The van der Waals surface area contributed by atoms with Crippen LogP contribution in [0.3, 0.4) is 0 Å². The summed E-state index contributed by atoms with van der Waals surface area (Å²) in [6.07, 6.45) is 0. The van der Waals surface area contributed by atoms with Crippen molar-refractivity contribution >= 4 is 11.6 Å². The lowest BCUT2D eigenvalue weighted by molar-refractivity contribution is -0.387. The molecule has 20 heavy (non-hydrogen) atoms. The first-order valence-corrected chi connectivity index (χ1v) is 5.83. The summed E-state index contributed by atoms with van der Waals surface area (Å²) < 4.78 is 26.6. The van der Waals surface area contributed by atoms with E-state index in [1.807, 2.05) is 0 Å². The fourth-order valence-corrected chi connectivity index (χ4v) is 1.44. The van der Waals surface area contributed by atoms with Crippen LogP contribution in [0.1, 0.15) is 24.2 Å². The van der Waals surface area contributed by atoms with Crippen molar-refractivity contribution in [3.63, 3.8) is 0 Å². The molecule has 1 aromatic carbocycles. The number of aliphatic hydroxyl groups excluding tert-OH is 1. The van der Waals surface area contributed by atoms with Crippen LogP contribution in [-0.2, 0) is 0 Å². The molecule has 2 atom stereocenters. The van der Waals surface area contributed by atoms with Crippen molar-refractivity contribution in [3.05, 3.63) is 39.4 Å². The minimum Gasteiger partial charge on any atom is -0.396 e. The average Bonchev–Trinajstić information content (AvgIpc) is 2.36. The number of nitro groups is 1. The summed E-state index contributed by atoms with van der Waals surface area (Å²) >= 11 is 0. The highest BCUT2D eigenvalue weighted by Gasteiger charge is 2.24. The molecule has 1 rings (SSSR count). The molecule has 1 aromatic rings. The average molecular weight is 288 g/mol. The molecule has 0 bridgehead atoms. The zero-order valence-electron chi connectivity index (χ0n) is 10.9. The molecule has 0 heterocycles. The van der Waals surface area contributed by atoms with Crippen LogP contribution >= 0.6 is 0 Å². The summed E-state index contributed by atoms with van der Waals surface area (Å²) in [6, 6.07) is 0.375. The molecule has 0 aromatic heterocycles. The molecule has 0 fully saturated rings. The van der Waals surface area contributed by atoms with Gasteiger partial charge >= 0.3 is 5.69 Å². The van der Waals surface area contributed by atoms with E-state index in [4.69, 9.17) is 5.11 Å². The summed E-state index contributed by atoms with van der Waals surface area (Å²) in [5, 5.41) is 21.9. The van der Waals surface area contributed by atoms with Crippen molar-refractivity contribution in [3.8, 4) is 0 Å². The van der Waals surface area contributed by atoms with Crippen molar-refractivity contribution in [1.82, 2.24) is 5.32 Å². The summed E-state index contributed by atoms with van der Waals surface area (Å²) in [7, 11) is 0. The second kappa shape index (κ2) is 6.38. The molecule has 0 aliphatic rings. The van der Waals surface area contributed by atoms with Crippen LogP contribution in [0.25, 0.3) is 0 Å². The highest BCUT2D eigenvalue weighted by molar-refractivity contribution is 5.95. The van der Waals surface area contributed by atoms with Crippen molar-refractivity contribution in [2.24, 2.45) is 5.92 Å². The molecule has 6 nitrogen and oxygen atoms in total. The van der Waals surface area contributed by atoms with Gasteiger partial charge in [-0.25, -0.2) is 4.39 Å². The van der Waals surface area contributed by atoms with Gasteiger partial charge in [-0.2, -0.15) is 4.39 Å². The maximum absolute atomic E-state index is 13.5. The SMILES string of the molecule is CC(CO)C(C)NC(=O)c1cc([N+](=O)[O-])c(F)cc1F. The van der Waals surface area contributed by atoms with Gasteiger partial charge in [0.05, 0.1) is 10.5 Å². The van der Waals surface area contributed by atoms with Crippen molar-refractivity contribution in [1.29, 1.82) is 0 Å². The number of aliphatic hydroxyl groups is 1. The van der Waals surface area contributed by atoms with Crippen molar-refractivity contribution < 1.29 is 23.6 Å². The molecule has 0 radical (unpaired) electrons. The lowest BCUT2D eigenvalue weighted by atomic mass is 10.0. The zero-order valence-corrected chi connectivity index (χ0v) is 10.9. The second-order valence-corrected chi connectivity index (χ2v) is 4.46. The van der Waals surface area contributed by atoms with E-state index in [1.165, 1.54) is 0 Å². The molecular weight excluding hydrogens is 274 g/mol. The van der Waals surface area contributed by atoms with Crippen LogP contribution in [0.5, 0.6) is 0 Å². The quantitative estimate of drug-likeness (QED) is 0.636. The number of nitrogens with zero attached hydrogens (tertiary/aromatic N) is 1. The Kier molecular flexibility index (Phi) is 5.09.